The standard InChI is InChI=1S/C6H6N6O.Pt/c7-12-6-10-4-3(5(13)11-6)8-1-2-9-4;/h1-2H,7H2,(H2,9,10,11,12,13);. The molecule has 0 aliphatic heterocycles. The van der Waals surface area contributed by atoms with Gasteiger partial charge in [0.1, 0.15) is 0 Å². The summed E-state index contributed by atoms with van der Waals surface area (Å²) in [6.07, 6.45) is 2.88. The number of fused-ring (bicyclic) bond motifs is 1. The van der Waals surface area contributed by atoms with Crippen molar-refractivity contribution in [2.24, 2.45) is 5.84 Å². The van der Waals surface area contributed by atoms with Crippen LogP contribution in [0.15, 0.2) is 17.2 Å². The number of nitrogens with one attached hydrogen (secondary N) is 2. The van der Waals surface area contributed by atoms with Crippen LogP contribution in [-0.2, 0) is 21.1 Å². The zero-order chi connectivity index (χ0) is 9.26. The number of rotatable bonds is 1. The number of anilines is 1. The number of hydrogen-bond donors (Lipinski definition) is 3. The Labute approximate surface area is 92.4 Å². The molecular formula is C6H6N6OPt. The van der Waals surface area contributed by atoms with E-state index >= 15 is 0 Å². The minimum atomic E-state index is -0.369. The van der Waals surface area contributed by atoms with Crippen LogP contribution in [-0.4, -0.2) is 19.9 Å². The monoisotopic (exact) mass is 373 g/mol. The summed E-state index contributed by atoms with van der Waals surface area (Å²) in [5.41, 5.74) is 2.32. The first-order chi connectivity index (χ1) is 6.31. The number of hydrogen-bond acceptors (Lipinski definition) is 6. The Kier molecular flexibility index (Phi) is 3.27. The topological polar surface area (TPSA) is 110 Å². The number of nitrogens with zero attached hydrogens (tertiary/aromatic N) is 3. The van der Waals surface area contributed by atoms with E-state index in [1.54, 1.807) is 0 Å². The van der Waals surface area contributed by atoms with Gasteiger partial charge in [-0.3, -0.25) is 15.2 Å². The van der Waals surface area contributed by atoms with Crippen molar-refractivity contribution >= 4 is 17.1 Å². The molecule has 0 atom stereocenters. The van der Waals surface area contributed by atoms with Crippen molar-refractivity contribution in [2.45, 2.75) is 0 Å². The minimum absolute atomic E-state index is 0. The molecule has 0 amide bonds. The molecule has 0 spiro atoms. The number of aromatic amines is 1. The van der Waals surface area contributed by atoms with Gasteiger partial charge in [-0.05, 0) is 0 Å². The maximum atomic E-state index is 11.3. The molecule has 8 heteroatoms. The quantitative estimate of drug-likeness (QED) is 0.437. The second-order valence-corrected chi connectivity index (χ2v) is 2.29. The number of nitrogens with two attached hydrogens (primary N) is 1. The van der Waals surface area contributed by atoms with Crippen LogP contribution >= 0.6 is 0 Å². The third kappa shape index (κ3) is 1.78. The normalized spacial score (nSPS) is 9.50. The molecule has 2 heterocycles. The number of hydrazine groups is 1. The van der Waals surface area contributed by atoms with Gasteiger partial charge in [0.25, 0.3) is 5.56 Å². The minimum Gasteiger partial charge on any atom is -0.294 e. The molecule has 0 saturated heterocycles. The summed E-state index contributed by atoms with van der Waals surface area (Å²) in [6, 6.07) is 0. The maximum Gasteiger partial charge on any atom is 0.280 e. The van der Waals surface area contributed by atoms with E-state index in [0.717, 1.165) is 0 Å². The van der Waals surface area contributed by atoms with Crippen LogP contribution in [0.4, 0.5) is 5.95 Å². The Balaban J connectivity index is 0.000000980. The van der Waals surface area contributed by atoms with E-state index in [1.165, 1.54) is 12.4 Å². The molecule has 0 aliphatic rings. The van der Waals surface area contributed by atoms with Crippen molar-refractivity contribution in [1.82, 2.24) is 19.9 Å². The van der Waals surface area contributed by atoms with Crippen LogP contribution < -0.4 is 16.8 Å². The second-order valence-electron chi connectivity index (χ2n) is 2.29. The molecule has 2 rings (SSSR count). The molecule has 2 aromatic heterocycles. The molecule has 7 nitrogen and oxygen atoms in total. The first-order valence-corrected chi connectivity index (χ1v) is 3.49. The summed E-state index contributed by atoms with van der Waals surface area (Å²) in [7, 11) is 0. The Bertz CT molecular complexity index is 497. The SMILES string of the molecule is NNc1nc2nccnc2c(=O)[nH]1.[Pt]. The summed E-state index contributed by atoms with van der Waals surface area (Å²) in [4.78, 5) is 25.2. The molecular weight excluding hydrogens is 367 g/mol. The average molecular weight is 373 g/mol. The molecule has 0 unspecified atom stereocenters. The van der Waals surface area contributed by atoms with Gasteiger partial charge >= 0.3 is 0 Å². The van der Waals surface area contributed by atoms with Crippen LogP contribution in [0.2, 0.25) is 0 Å². The van der Waals surface area contributed by atoms with Gasteiger partial charge in [-0.25, -0.2) is 15.8 Å². The largest absolute Gasteiger partial charge is 0.294 e. The van der Waals surface area contributed by atoms with Gasteiger partial charge in [0.2, 0.25) is 5.95 Å². The van der Waals surface area contributed by atoms with Gasteiger partial charge in [-0.15, -0.1) is 0 Å². The van der Waals surface area contributed by atoms with Crippen molar-refractivity contribution < 1.29 is 21.1 Å². The fraction of sp³-hybridized carbons (Fsp3) is 0. The van der Waals surface area contributed by atoms with Crippen LogP contribution in [0, 0.1) is 0 Å². The average Bonchev–Trinajstić information content (AvgIpc) is 2.18. The molecule has 0 aromatic carbocycles. The van der Waals surface area contributed by atoms with Crippen molar-refractivity contribution in [3.8, 4) is 0 Å². The molecule has 0 radical (unpaired) electrons. The van der Waals surface area contributed by atoms with E-state index in [1.807, 2.05) is 0 Å². The van der Waals surface area contributed by atoms with Gasteiger partial charge in [0.05, 0.1) is 0 Å². The third-order valence-electron chi connectivity index (χ3n) is 1.48. The van der Waals surface area contributed by atoms with E-state index in [2.05, 4.69) is 25.4 Å². The molecule has 4 N–H and O–H groups in total. The molecule has 0 saturated carbocycles. The Morgan fingerprint density at radius 2 is 2.07 bits per heavy atom. The molecule has 2 aromatic rings. The van der Waals surface area contributed by atoms with Crippen LogP contribution in [0.25, 0.3) is 11.2 Å². The van der Waals surface area contributed by atoms with Gasteiger partial charge in [-0.1, -0.05) is 0 Å². The maximum absolute atomic E-state index is 11.3. The van der Waals surface area contributed by atoms with E-state index in [9.17, 15) is 4.79 Å². The van der Waals surface area contributed by atoms with E-state index < -0.39 is 0 Å². The van der Waals surface area contributed by atoms with E-state index in [-0.39, 0.29) is 43.7 Å². The Morgan fingerprint density at radius 3 is 2.79 bits per heavy atom. The smallest absolute Gasteiger partial charge is 0.280 e. The number of nitrogen functional groups attached to an aromatic ring is 1. The van der Waals surface area contributed by atoms with E-state index in [4.69, 9.17) is 5.84 Å². The van der Waals surface area contributed by atoms with Gasteiger partial charge < -0.3 is 0 Å². The molecule has 0 fully saturated rings. The zero-order valence-electron chi connectivity index (χ0n) is 6.80. The Morgan fingerprint density at radius 1 is 1.36 bits per heavy atom. The van der Waals surface area contributed by atoms with Crippen molar-refractivity contribution in [1.29, 1.82) is 0 Å². The van der Waals surface area contributed by atoms with Gasteiger partial charge in [0, 0.05) is 33.5 Å². The van der Waals surface area contributed by atoms with Crippen molar-refractivity contribution in [3.05, 3.63) is 22.7 Å². The summed E-state index contributed by atoms with van der Waals surface area (Å²) in [5, 5.41) is 0. The van der Waals surface area contributed by atoms with Crippen molar-refractivity contribution in [2.75, 3.05) is 5.43 Å². The third-order valence-corrected chi connectivity index (χ3v) is 1.48. The second kappa shape index (κ2) is 4.25. The molecule has 0 aliphatic carbocycles. The summed E-state index contributed by atoms with van der Waals surface area (Å²) in [6.45, 7) is 0. The fourth-order valence-electron chi connectivity index (χ4n) is 0.942. The van der Waals surface area contributed by atoms with Crippen molar-refractivity contribution in [3.63, 3.8) is 0 Å². The van der Waals surface area contributed by atoms with Gasteiger partial charge in [0.15, 0.2) is 11.2 Å². The summed E-state index contributed by atoms with van der Waals surface area (Å²) < 4.78 is 0. The van der Waals surface area contributed by atoms with Gasteiger partial charge in [-0.2, -0.15) is 4.98 Å². The predicted molar refractivity (Wildman–Crippen MR) is 45.8 cm³/mol. The molecule has 0 bridgehead atoms. The fourth-order valence-corrected chi connectivity index (χ4v) is 0.942. The number of aromatic nitrogens is 4. The first-order valence-electron chi connectivity index (χ1n) is 3.49. The Hall–Kier alpha value is -1.33. The van der Waals surface area contributed by atoms with E-state index in [0.29, 0.717) is 0 Å². The summed E-state index contributed by atoms with van der Waals surface area (Å²) >= 11 is 0. The van der Waals surface area contributed by atoms with Crippen LogP contribution in [0.5, 0.6) is 0 Å². The first kappa shape index (κ1) is 10.7. The van der Waals surface area contributed by atoms with Crippen LogP contribution in [0.1, 0.15) is 0 Å². The predicted octanol–water partition coefficient (Wildman–Crippen LogP) is -1.00. The molecule has 76 valence electrons. The number of H-pyrrole nitrogens is 1. The molecule has 14 heavy (non-hydrogen) atoms. The summed E-state index contributed by atoms with van der Waals surface area (Å²) in [5.74, 6) is 5.24. The van der Waals surface area contributed by atoms with Crippen LogP contribution in [0.3, 0.4) is 0 Å². The zero-order valence-corrected chi connectivity index (χ0v) is 9.07.